The van der Waals surface area contributed by atoms with E-state index in [-0.39, 0.29) is 18.4 Å². The van der Waals surface area contributed by atoms with Crippen LogP contribution in [0.3, 0.4) is 0 Å². The van der Waals surface area contributed by atoms with Crippen LogP contribution in [0.5, 0.6) is 0 Å². The molecule has 0 atom stereocenters. The van der Waals surface area contributed by atoms with Crippen LogP contribution in [0.15, 0.2) is 30.3 Å². The summed E-state index contributed by atoms with van der Waals surface area (Å²) in [5, 5.41) is 0. The normalized spacial score (nSPS) is 17.9. The van der Waals surface area contributed by atoms with Crippen molar-refractivity contribution < 1.29 is 19.2 Å². The van der Waals surface area contributed by atoms with Crippen molar-refractivity contribution in [3.8, 4) is 0 Å². The minimum Gasteiger partial charge on any atom is -0.273 e. The van der Waals surface area contributed by atoms with E-state index >= 15 is 0 Å². The van der Waals surface area contributed by atoms with Gasteiger partial charge in [-0.25, -0.2) is 4.79 Å². The maximum atomic E-state index is 12.7. The van der Waals surface area contributed by atoms with Crippen molar-refractivity contribution in [3.63, 3.8) is 0 Å². The number of benzene rings is 1. The summed E-state index contributed by atoms with van der Waals surface area (Å²) < 4.78 is 0. The molecular formula is C16H18N2O4. The Morgan fingerprint density at radius 1 is 1.00 bits per heavy atom. The number of carbonyl (C=O) groups is 4. The second kappa shape index (κ2) is 5.71. The number of rotatable bonds is 3. The van der Waals surface area contributed by atoms with Gasteiger partial charge < -0.3 is 0 Å². The molecule has 0 aliphatic carbocycles. The molecule has 0 bridgehead atoms. The molecule has 1 aliphatic heterocycles. The van der Waals surface area contributed by atoms with Gasteiger partial charge in [0.1, 0.15) is 5.41 Å². The molecule has 6 heteroatoms. The SMILES string of the molecule is CCC1(CC)C(=O)N(C)C(=O)N(C(=O)c2ccccc2)C1=O. The van der Waals surface area contributed by atoms with Gasteiger partial charge in [0, 0.05) is 12.6 Å². The smallest absolute Gasteiger partial charge is 0.273 e. The van der Waals surface area contributed by atoms with Crippen LogP contribution in [0.25, 0.3) is 0 Å². The zero-order valence-corrected chi connectivity index (χ0v) is 12.8. The van der Waals surface area contributed by atoms with Gasteiger partial charge in [-0.3, -0.25) is 19.3 Å². The highest BCUT2D eigenvalue weighted by molar-refractivity contribution is 6.27. The van der Waals surface area contributed by atoms with Crippen LogP contribution >= 0.6 is 0 Å². The van der Waals surface area contributed by atoms with E-state index in [2.05, 4.69) is 0 Å². The summed E-state index contributed by atoms with van der Waals surface area (Å²) in [5.74, 6) is -2.00. The van der Waals surface area contributed by atoms with Crippen LogP contribution < -0.4 is 0 Å². The van der Waals surface area contributed by atoms with E-state index in [0.717, 1.165) is 4.90 Å². The molecule has 1 saturated heterocycles. The average Bonchev–Trinajstić information content (AvgIpc) is 2.55. The van der Waals surface area contributed by atoms with E-state index in [4.69, 9.17) is 0 Å². The van der Waals surface area contributed by atoms with Gasteiger partial charge in [0.15, 0.2) is 0 Å². The molecule has 0 spiro atoms. The Kier molecular flexibility index (Phi) is 4.12. The Morgan fingerprint density at radius 3 is 2.05 bits per heavy atom. The fourth-order valence-electron chi connectivity index (χ4n) is 2.69. The maximum absolute atomic E-state index is 12.7. The summed E-state index contributed by atoms with van der Waals surface area (Å²) >= 11 is 0. The molecule has 116 valence electrons. The summed E-state index contributed by atoms with van der Waals surface area (Å²) in [6.07, 6.45) is 0.467. The Morgan fingerprint density at radius 2 is 1.55 bits per heavy atom. The van der Waals surface area contributed by atoms with E-state index in [0.29, 0.717) is 4.90 Å². The van der Waals surface area contributed by atoms with Crippen LogP contribution in [0.4, 0.5) is 4.79 Å². The van der Waals surface area contributed by atoms with Gasteiger partial charge in [-0.1, -0.05) is 32.0 Å². The van der Waals surface area contributed by atoms with Crippen molar-refractivity contribution in [3.05, 3.63) is 35.9 Å². The lowest BCUT2D eigenvalue weighted by atomic mass is 9.78. The Labute approximate surface area is 128 Å². The molecule has 5 amide bonds. The lowest BCUT2D eigenvalue weighted by Crippen LogP contribution is -2.65. The first-order valence-electron chi connectivity index (χ1n) is 7.16. The van der Waals surface area contributed by atoms with Crippen molar-refractivity contribution >= 4 is 23.8 Å². The van der Waals surface area contributed by atoms with Gasteiger partial charge in [-0.2, -0.15) is 4.90 Å². The first kappa shape index (κ1) is 15.9. The summed E-state index contributed by atoms with van der Waals surface area (Å²) in [6.45, 7) is 3.40. The predicted molar refractivity (Wildman–Crippen MR) is 78.8 cm³/mol. The largest absolute Gasteiger partial charge is 0.340 e. The van der Waals surface area contributed by atoms with Crippen molar-refractivity contribution in [2.75, 3.05) is 7.05 Å². The monoisotopic (exact) mass is 302 g/mol. The Balaban J connectivity index is 2.51. The molecule has 0 aromatic heterocycles. The van der Waals surface area contributed by atoms with Gasteiger partial charge in [-0.05, 0) is 25.0 Å². The highest BCUT2D eigenvalue weighted by Gasteiger charge is 2.56. The zero-order chi connectivity index (χ0) is 16.5. The average molecular weight is 302 g/mol. The molecule has 1 heterocycles. The highest BCUT2D eigenvalue weighted by Crippen LogP contribution is 2.36. The fourth-order valence-corrected chi connectivity index (χ4v) is 2.69. The van der Waals surface area contributed by atoms with Crippen molar-refractivity contribution in [2.24, 2.45) is 5.41 Å². The number of hydrogen-bond donors (Lipinski definition) is 0. The van der Waals surface area contributed by atoms with Crippen LogP contribution in [0.2, 0.25) is 0 Å². The number of urea groups is 1. The third-order valence-corrected chi connectivity index (χ3v) is 4.24. The highest BCUT2D eigenvalue weighted by atomic mass is 16.2. The molecule has 1 aromatic carbocycles. The number of imide groups is 4. The third kappa shape index (κ3) is 2.11. The standard InChI is InChI=1S/C16H18N2O4/c1-4-16(5-2)13(20)17(3)15(22)18(14(16)21)12(19)11-9-7-6-8-10-11/h6-10H,4-5H2,1-3H3. The summed E-state index contributed by atoms with van der Waals surface area (Å²) in [6, 6.07) is 7.18. The topological polar surface area (TPSA) is 74.8 Å². The summed E-state index contributed by atoms with van der Waals surface area (Å²) in [4.78, 5) is 51.4. The van der Waals surface area contributed by atoms with Crippen LogP contribution in [0.1, 0.15) is 37.0 Å². The molecule has 22 heavy (non-hydrogen) atoms. The lowest BCUT2D eigenvalue weighted by Gasteiger charge is -2.41. The molecule has 0 saturated carbocycles. The summed E-state index contributed by atoms with van der Waals surface area (Å²) in [7, 11) is 1.29. The van der Waals surface area contributed by atoms with Crippen LogP contribution in [-0.4, -0.2) is 40.6 Å². The van der Waals surface area contributed by atoms with E-state index in [9.17, 15) is 19.2 Å². The predicted octanol–water partition coefficient (Wildman–Crippen LogP) is 2.05. The minimum absolute atomic E-state index is 0.230. The van der Waals surface area contributed by atoms with Gasteiger partial charge in [0.2, 0.25) is 5.91 Å². The van der Waals surface area contributed by atoms with Crippen molar-refractivity contribution in [1.82, 2.24) is 9.80 Å². The quantitative estimate of drug-likeness (QED) is 0.632. The minimum atomic E-state index is -1.35. The molecule has 2 rings (SSSR count). The first-order valence-corrected chi connectivity index (χ1v) is 7.16. The molecule has 0 unspecified atom stereocenters. The number of carbonyl (C=O) groups excluding carboxylic acids is 4. The molecule has 1 fully saturated rings. The van der Waals surface area contributed by atoms with Gasteiger partial charge in [-0.15, -0.1) is 0 Å². The number of hydrogen-bond acceptors (Lipinski definition) is 4. The molecule has 0 N–H and O–H groups in total. The number of amides is 5. The lowest BCUT2D eigenvalue weighted by molar-refractivity contribution is -0.156. The molecule has 0 radical (unpaired) electrons. The van der Waals surface area contributed by atoms with Crippen LogP contribution in [-0.2, 0) is 9.59 Å². The van der Waals surface area contributed by atoms with Crippen molar-refractivity contribution in [1.29, 1.82) is 0 Å². The molecular weight excluding hydrogens is 284 g/mol. The Hall–Kier alpha value is -2.50. The van der Waals surface area contributed by atoms with Gasteiger partial charge in [0.05, 0.1) is 0 Å². The second-order valence-electron chi connectivity index (χ2n) is 5.25. The maximum Gasteiger partial charge on any atom is 0.340 e. The summed E-state index contributed by atoms with van der Waals surface area (Å²) in [5.41, 5.74) is -1.12. The second-order valence-corrected chi connectivity index (χ2v) is 5.25. The van der Waals surface area contributed by atoms with Gasteiger partial charge >= 0.3 is 6.03 Å². The first-order chi connectivity index (χ1) is 10.4. The number of barbiturate groups is 1. The van der Waals surface area contributed by atoms with E-state index < -0.39 is 29.2 Å². The van der Waals surface area contributed by atoms with Crippen molar-refractivity contribution in [2.45, 2.75) is 26.7 Å². The van der Waals surface area contributed by atoms with Gasteiger partial charge in [0.25, 0.3) is 11.8 Å². The molecule has 6 nitrogen and oxygen atoms in total. The van der Waals surface area contributed by atoms with E-state index in [1.807, 2.05) is 0 Å². The molecule has 1 aliphatic rings. The van der Waals surface area contributed by atoms with Crippen LogP contribution in [0, 0.1) is 5.41 Å². The number of nitrogens with zero attached hydrogens (tertiary/aromatic N) is 2. The zero-order valence-electron chi connectivity index (χ0n) is 12.8. The molecule has 1 aromatic rings. The van der Waals surface area contributed by atoms with E-state index in [1.54, 1.807) is 32.0 Å². The third-order valence-electron chi connectivity index (χ3n) is 4.24. The van der Waals surface area contributed by atoms with E-state index in [1.165, 1.54) is 19.2 Å². The Bertz CT molecular complexity index is 635. The fraction of sp³-hybridized carbons (Fsp3) is 0.375.